The van der Waals surface area contributed by atoms with Crippen LogP contribution in [-0.2, 0) is 19.2 Å². The van der Waals surface area contributed by atoms with Crippen molar-refractivity contribution in [2.45, 2.75) is 20.8 Å². The van der Waals surface area contributed by atoms with Crippen molar-refractivity contribution in [1.82, 2.24) is 14.6 Å². The third kappa shape index (κ3) is 4.56. The van der Waals surface area contributed by atoms with Crippen molar-refractivity contribution in [1.29, 1.82) is 0 Å². The van der Waals surface area contributed by atoms with Crippen LogP contribution in [0.4, 0.5) is 11.5 Å². The predicted molar refractivity (Wildman–Crippen MR) is 145 cm³/mol. The number of ketones is 2. The van der Waals surface area contributed by atoms with Gasteiger partial charge in [-0.2, -0.15) is 9.61 Å². The van der Waals surface area contributed by atoms with E-state index in [1.165, 1.54) is 41.3 Å². The van der Waals surface area contributed by atoms with E-state index in [9.17, 15) is 19.2 Å². The number of aromatic nitrogens is 3. The number of nitrogens with one attached hydrogen (secondary N) is 1. The molecule has 2 amide bonds. The molecule has 1 aliphatic heterocycles. The van der Waals surface area contributed by atoms with E-state index in [1.54, 1.807) is 41.2 Å². The van der Waals surface area contributed by atoms with Gasteiger partial charge < -0.3 is 5.32 Å². The maximum atomic E-state index is 12.9. The molecule has 0 spiro atoms. The van der Waals surface area contributed by atoms with Gasteiger partial charge in [0.05, 0.1) is 10.6 Å². The number of Topliss-reactive ketones (excluding diaryl/α,β-unsaturated/α-hetero) is 1. The van der Waals surface area contributed by atoms with Crippen LogP contribution in [0.25, 0.3) is 16.2 Å². The fourth-order valence-corrected chi connectivity index (χ4v) is 5.72. The molecule has 0 bridgehead atoms. The topological polar surface area (TPSA) is 114 Å². The molecule has 1 N–H and O–H groups in total. The number of rotatable bonds is 8. The number of carbonyl (C=O) groups is 4. The molecule has 2 aromatic heterocycles. The van der Waals surface area contributed by atoms with Crippen LogP contribution >= 0.6 is 23.1 Å². The van der Waals surface area contributed by atoms with Gasteiger partial charge >= 0.3 is 0 Å². The number of allylic oxidation sites excluding steroid dienone is 4. The highest BCUT2D eigenvalue weighted by atomic mass is 32.2. The Morgan fingerprint density at radius 3 is 2.43 bits per heavy atom. The normalized spacial score (nSPS) is 16.1. The van der Waals surface area contributed by atoms with E-state index in [4.69, 9.17) is 4.98 Å². The van der Waals surface area contributed by atoms with Crippen LogP contribution in [0, 0.1) is 5.92 Å². The van der Waals surface area contributed by atoms with E-state index in [0.29, 0.717) is 50.5 Å². The molecule has 3 aromatic rings. The molecule has 0 radical (unpaired) electrons. The number of imide groups is 1. The molecule has 0 saturated carbocycles. The highest BCUT2D eigenvalue weighted by molar-refractivity contribution is 8.04. The molecule has 0 unspecified atom stereocenters. The number of carbonyl (C=O) groups excluding carboxylic acids is 4. The third-order valence-corrected chi connectivity index (χ3v) is 7.95. The lowest BCUT2D eigenvalue weighted by Crippen LogP contribution is -2.29. The first-order chi connectivity index (χ1) is 17.8. The molecule has 37 heavy (non-hydrogen) atoms. The van der Waals surface area contributed by atoms with Crippen LogP contribution in [0.3, 0.4) is 0 Å². The molecule has 0 atom stereocenters. The van der Waals surface area contributed by atoms with Crippen molar-refractivity contribution in [3.8, 4) is 11.3 Å². The summed E-state index contributed by atoms with van der Waals surface area (Å²) >= 11 is 2.77. The minimum absolute atomic E-state index is 0.0186. The molecule has 9 nitrogen and oxygen atoms in total. The van der Waals surface area contributed by atoms with E-state index in [2.05, 4.69) is 10.4 Å². The smallest absolute Gasteiger partial charge is 0.258 e. The SMILES string of the molecule is CC1=C(SCCNc2c(-c3ccc(N4C(=O)C=CC4=O)cc3)nc3scnn23)C(=O)C(C(C)C)=CC1=O. The molecular formula is C26H23N5O4S2. The molecule has 3 heterocycles. The van der Waals surface area contributed by atoms with Crippen LogP contribution in [0.15, 0.2) is 64.1 Å². The zero-order valence-electron chi connectivity index (χ0n) is 20.3. The standard InChI is InChI=1S/C26H23N5O4S2/c1-14(2)18-12-19(32)15(3)24(23(18)35)36-11-10-27-25-22(29-26-31(25)28-13-37-26)16-4-6-17(7-5-16)30-20(33)8-9-21(30)34/h4-9,12-14,27H,10-11H2,1-3H3. The zero-order valence-corrected chi connectivity index (χ0v) is 22.0. The van der Waals surface area contributed by atoms with Crippen LogP contribution in [-0.4, -0.2) is 50.3 Å². The van der Waals surface area contributed by atoms with Crippen molar-refractivity contribution in [2.24, 2.45) is 5.92 Å². The second-order valence-corrected chi connectivity index (χ2v) is 10.7. The van der Waals surface area contributed by atoms with Crippen molar-refractivity contribution in [2.75, 3.05) is 22.5 Å². The van der Waals surface area contributed by atoms with Gasteiger partial charge in [-0.25, -0.2) is 9.88 Å². The Morgan fingerprint density at radius 1 is 1.05 bits per heavy atom. The maximum Gasteiger partial charge on any atom is 0.258 e. The van der Waals surface area contributed by atoms with Gasteiger partial charge in [0.25, 0.3) is 11.8 Å². The number of fused-ring (bicyclic) bond motifs is 1. The maximum absolute atomic E-state index is 12.9. The second kappa shape index (κ2) is 9.91. The average Bonchev–Trinajstić information content (AvgIpc) is 3.56. The van der Waals surface area contributed by atoms with Crippen LogP contribution in [0.1, 0.15) is 20.8 Å². The lowest BCUT2D eigenvalue weighted by molar-refractivity contribution is -0.120. The van der Waals surface area contributed by atoms with Crippen molar-refractivity contribution in [3.63, 3.8) is 0 Å². The predicted octanol–water partition coefficient (Wildman–Crippen LogP) is 4.04. The Labute approximate surface area is 220 Å². The Kier molecular flexibility index (Phi) is 6.65. The van der Waals surface area contributed by atoms with Gasteiger partial charge in [-0.15, -0.1) is 11.8 Å². The van der Waals surface area contributed by atoms with Crippen molar-refractivity contribution >= 4 is 62.9 Å². The molecule has 2 aliphatic rings. The number of nitrogens with zero attached hydrogens (tertiary/aromatic N) is 4. The fraction of sp³-hybridized carbons (Fsp3) is 0.231. The molecular weight excluding hydrogens is 510 g/mol. The van der Waals surface area contributed by atoms with Crippen molar-refractivity contribution < 1.29 is 19.2 Å². The summed E-state index contributed by atoms with van der Waals surface area (Å²) in [6.07, 6.45) is 3.96. The first-order valence-electron chi connectivity index (χ1n) is 11.6. The van der Waals surface area contributed by atoms with E-state index in [1.807, 2.05) is 13.8 Å². The number of hydrogen-bond acceptors (Lipinski definition) is 9. The zero-order chi connectivity index (χ0) is 26.3. The van der Waals surface area contributed by atoms with E-state index < -0.39 is 0 Å². The summed E-state index contributed by atoms with van der Waals surface area (Å²) in [6, 6.07) is 7.03. The Hall–Kier alpha value is -3.83. The van der Waals surface area contributed by atoms with Gasteiger partial charge in [0.15, 0.2) is 17.4 Å². The Bertz CT molecular complexity index is 1520. The molecule has 1 aromatic carbocycles. The first-order valence-corrected chi connectivity index (χ1v) is 13.5. The number of anilines is 2. The van der Waals surface area contributed by atoms with E-state index >= 15 is 0 Å². The molecule has 11 heteroatoms. The minimum Gasteiger partial charge on any atom is -0.367 e. The first kappa shape index (κ1) is 24.8. The molecule has 1 aliphatic carbocycles. The fourth-order valence-electron chi connectivity index (χ4n) is 4.13. The number of amides is 2. The highest BCUT2D eigenvalue weighted by Gasteiger charge is 2.28. The van der Waals surface area contributed by atoms with Crippen LogP contribution in [0.5, 0.6) is 0 Å². The number of thioether (sulfide) groups is 1. The highest BCUT2D eigenvalue weighted by Crippen LogP contribution is 2.33. The van der Waals surface area contributed by atoms with Crippen LogP contribution < -0.4 is 10.2 Å². The minimum atomic E-state index is -0.371. The van der Waals surface area contributed by atoms with Gasteiger partial charge in [-0.3, -0.25) is 19.2 Å². The van der Waals surface area contributed by atoms with Gasteiger partial charge in [-0.1, -0.05) is 37.3 Å². The Balaban J connectivity index is 1.32. The number of hydrogen-bond donors (Lipinski definition) is 1. The molecule has 188 valence electrons. The van der Waals surface area contributed by atoms with Crippen LogP contribution in [0.2, 0.25) is 0 Å². The van der Waals surface area contributed by atoms with Gasteiger partial charge in [0.2, 0.25) is 4.96 Å². The third-order valence-electron chi connectivity index (χ3n) is 6.08. The van der Waals surface area contributed by atoms with E-state index in [-0.39, 0.29) is 29.3 Å². The summed E-state index contributed by atoms with van der Waals surface area (Å²) in [7, 11) is 0. The van der Waals surface area contributed by atoms with E-state index in [0.717, 1.165) is 10.5 Å². The summed E-state index contributed by atoms with van der Waals surface area (Å²) in [5, 5.41) is 7.76. The second-order valence-electron chi connectivity index (χ2n) is 8.81. The summed E-state index contributed by atoms with van der Waals surface area (Å²) in [5.41, 5.74) is 4.69. The number of imidazole rings is 1. The van der Waals surface area contributed by atoms with Gasteiger partial charge in [0, 0.05) is 41.2 Å². The average molecular weight is 534 g/mol. The van der Waals surface area contributed by atoms with Gasteiger partial charge in [0.1, 0.15) is 11.2 Å². The summed E-state index contributed by atoms with van der Waals surface area (Å²) in [4.78, 5) is 56.3. The van der Waals surface area contributed by atoms with Gasteiger partial charge in [-0.05, 0) is 31.1 Å². The summed E-state index contributed by atoms with van der Waals surface area (Å²) in [5.74, 6) is 0.299. The molecule has 0 saturated heterocycles. The summed E-state index contributed by atoms with van der Waals surface area (Å²) in [6.45, 7) is 6.01. The van der Waals surface area contributed by atoms with Crippen molar-refractivity contribution in [3.05, 3.63) is 64.1 Å². The lowest BCUT2D eigenvalue weighted by atomic mass is 9.90. The number of benzene rings is 1. The monoisotopic (exact) mass is 533 g/mol. The lowest BCUT2D eigenvalue weighted by Gasteiger charge is -2.19. The molecule has 0 fully saturated rings. The largest absolute Gasteiger partial charge is 0.367 e. The Morgan fingerprint density at radius 2 is 1.76 bits per heavy atom. The summed E-state index contributed by atoms with van der Waals surface area (Å²) < 4.78 is 1.72. The molecule has 5 rings (SSSR count). The quantitative estimate of drug-likeness (QED) is 0.262.